The monoisotopic (exact) mass is 383 g/mol. The topological polar surface area (TPSA) is 75.4 Å². The van der Waals surface area contributed by atoms with E-state index in [9.17, 15) is 14.7 Å². The molecule has 2 heterocycles. The van der Waals surface area contributed by atoms with Crippen LogP contribution in [0.4, 0.5) is 0 Å². The van der Waals surface area contributed by atoms with E-state index in [1.807, 2.05) is 31.3 Å². The van der Waals surface area contributed by atoms with Gasteiger partial charge < -0.3 is 14.6 Å². The van der Waals surface area contributed by atoms with Crippen LogP contribution >= 0.6 is 0 Å². The minimum Gasteiger partial charge on any atom is -0.390 e. The number of rotatable bonds is 6. The summed E-state index contributed by atoms with van der Waals surface area (Å²) in [6.07, 6.45) is 6.32. The molecule has 0 aliphatic carbocycles. The molecule has 1 aromatic carbocycles. The second-order valence-corrected chi connectivity index (χ2v) is 8.33. The largest absolute Gasteiger partial charge is 0.390 e. The first-order chi connectivity index (χ1) is 13.2. The van der Waals surface area contributed by atoms with Crippen LogP contribution in [-0.2, 0) is 13.5 Å². The molecule has 2 aromatic rings. The van der Waals surface area contributed by atoms with Crippen molar-refractivity contribution in [1.29, 1.82) is 0 Å². The van der Waals surface area contributed by atoms with Gasteiger partial charge in [-0.05, 0) is 57.2 Å². The molecule has 1 aromatic heterocycles. The molecule has 1 N–H and O–H groups in total. The van der Waals surface area contributed by atoms with Gasteiger partial charge in [0.1, 0.15) is 0 Å². The van der Waals surface area contributed by atoms with Gasteiger partial charge in [0.25, 0.3) is 5.91 Å². The van der Waals surface area contributed by atoms with Gasteiger partial charge in [-0.2, -0.15) is 0 Å². The molecule has 150 valence electrons. The first-order valence-electron chi connectivity index (χ1n) is 9.87. The molecule has 6 heteroatoms. The van der Waals surface area contributed by atoms with Crippen LogP contribution in [0.2, 0.25) is 0 Å². The number of aliphatic hydroxyl groups is 1. The van der Waals surface area contributed by atoms with Crippen molar-refractivity contribution in [2.75, 3.05) is 13.1 Å². The summed E-state index contributed by atoms with van der Waals surface area (Å²) in [5.74, 6) is 0.205. The molecule has 0 unspecified atom stereocenters. The highest BCUT2D eigenvalue weighted by molar-refractivity contribution is 5.97. The lowest BCUT2D eigenvalue weighted by Crippen LogP contribution is -2.42. The van der Waals surface area contributed by atoms with Gasteiger partial charge in [-0.15, -0.1) is 0 Å². The van der Waals surface area contributed by atoms with Crippen molar-refractivity contribution >= 4 is 11.7 Å². The van der Waals surface area contributed by atoms with E-state index in [-0.39, 0.29) is 17.6 Å². The molecule has 1 aliphatic rings. The number of hydrogen-bond donors (Lipinski definition) is 1. The molecule has 1 fully saturated rings. The van der Waals surface area contributed by atoms with Gasteiger partial charge >= 0.3 is 0 Å². The molecule has 0 saturated carbocycles. The lowest BCUT2D eigenvalue weighted by Gasteiger charge is -2.32. The number of nitrogens with zero attached hydrogens (tertiary/aromatic N) is 3. The number of benzene rings is 1. The lowest BCUT2D eigenvalue weighted by atomic mass is 9.92. The number of imidazole rings is 1. The Labute approximate surface area is 166 Å². The number of Topliss-reactive ketones (excluding diaryl/α,β-unsaturated/α-hetero) is 1. The predicted molar refractivity (Wildman–Crippen MR) is 107 cm³/mol. The summed E-state index contributed by atoms with van der Waals surface area (Å²) >= 11 is 0. The molecule has 0 spiro atoms. The van der Waals surface area contributed by atoms with E-state index in [2.05, 4.69) is 4.98 Å². The van der Waals surface area contributed by atoms with Crippen molar-refractivity contribution in [1.82, 2.24) is 14.5 Å². The van der Waals surface area contributed by atoms with Crippen LogP contribution in [0.3, 0.4) is 0 Å². The van der Waals surface area contributed by atoms with Crippen LogP contribution in [0.15, 0.2) is 36.7 Å². The number of carbonyl (C=O) groups is 2. The van der Waals surface area contributed by atoms with Gasteiger partial charge in [0.05, 0.1) is 5.60 Å². The highest BCUT2D eigenvalue weighted by Gasteiger charge is 2.31. The molecule has 28 heavy (non-hydrogen) atoms. The summed E-state index contributed by atoms with van der Waals surface area (Å²) in [5.41, 5.74) is 0.940. The molecule has 3 rings (SSSR count). The third-order valence-electron chi connectivity index (χ3n) is 5.32. The summed E-state index contributed by atoms with van der Waals surface area (Å²) in [6.45, 7) is 4.67. The predicted octanol–water partition coefficient (Wildman–Crippen LogP) is 2.86. The highest BCUT2D eigenvalue weighted by atomic mass is 16.3. The number of hydrogen-bond acceptors (Lipinski definition) is 4. The Hall–Kier alpha value is -2.47. The summed E-state index contributed by atoms with van der Waals surface area (Å²) in [7, 11) is 1.81. The minimum atomic E-state index is -0.731. The highest BCUT2D eigenvalue weighted by Crippen LogP contribution is 2.22. The summed E-state index contributed by atoms with van der Waals surface area (Å²) < 4.78 is 1.73. The third-order valence-corrected chi connectivity index (χ3v) is 5.32. The second-order valence-electron chi connectivity index (χ2n) is 8.33. The Balaban J connectivity index is 1.68. The Morgan fingerprint density at radius 1 is 1.32 bits per heavy atom. The Kier molecular flexibility index (Phi) is 5.98. The fourth-order valence-electron chi connectivity index (χ4n) is 3.65. The second kappa shape index (κ2) is 8.27. The molecule has 0 radical (unpaired) electrons. The lowest BCUT2D eigenvalue weighted by molar-refractivity contribution is 0.0632. The molecule has 1 amide bonds. The zero-order chi connectivity index (χ0) is 20.3. The van der Waals surface area contributed by atoms with Crippen molar-refractivity contribution in [3.8, 4) is 0 Å². The van der Waals surface area contributed by atoms with E-state index in [1.165, 1.54) is 0 Å². The standard InChI is InChI=1S/C22H29N3O3/c1-22(2,28)10-9-16-6-4-7-17(14-16)21(27)25-12-5-8-18(15-25)19(26)20-23-11-13-24(20)3/h4,6-7,11,13-14,18,28H,5,8-10,12,15H2,1-3H3/t18-/m1/s1. The first-order valence-corrected chi connectivity index (χ1v) is 9.87. The Bertz CT molecular complexity index is 851. The quantitative estimate of drug-likeness (QED) is 0.779. The Morgan fingerprint density at radius 3 is 2.79 bits per heavy atom. The van der Waals surface area contributed by atoms with Crippen LogP contribution in [0.1, 0.15) is 59.7 Å². The van der Waals surface area contributed by atoms with Gasteiger partial charge in [0, 0.05) is 44.0 Å². The maximum absolute atomic E-state index is 13.0. The maximum Gasteiger partial charge on any atom is 0.253 e. The van der Waals surface area contributed by atoms with Gasteiger partial charge in [-0.3, -0.25) is 9.59 Å². The van der Waals surface area contributed by atoms with E-state index >= 15 is 0 Å². The number of carbonyl (C=O) groups excluding carboxylic acids is 2. The molecule has 1 saturated heterocycles. The number of ketones is 1. The number of aromatic nitrogens is 2. The van der Waals surface area contributed by atoms with Crippen LogP contribution in [-0.4, -0.2) is 49.9 Å². The first kappa shape index (κ1) is 20.3. The average Bonchev–Trinajstić information content (AvgIpc) is 3.11. The molecular formula is C22H29N3O3. The summed E-state index contributed by atoms with van der Waals surface area (Å²) in [5, 5.41) is 9.93. The van der Waals surface area contributed by atoms with E-state index in [0.717, 1.165) is 18.4 Å². The molecule has 0 bridgehead atoms. The van der Waals surface area contributed by atoms with Crippen LogP contribution < -0.4 is 0 Å². The fraction of sp³-hybridized carbons (Fsp3) is 0.500. The van der Waals surface area contributed by atoms with Crippen LogP contribution in [0.5, 0.6) is 0 Å². The van der Waals surface area contributed by atoms with Gasteiger partial charge in [-0.1, -0.05) is 12.1 Å². The van der Waals surface area contributed by atoms with Crippen LogP contribution in [0.25, 0.3) is 0 Å². The summed E-state index contributed by atoms with van der Waals surface area (Å²) in [4.78, 5) is 31.7. The smallest absolute Gasteiger partial charge is 0.253 e. The molecular weight excluding hydrogens is 354 g/mol. The van der Waals surface area contributed by atoms with E-state index in [1.54, 1.807) is 35.7 Å². The molecule has 1 atom stereocenters. The van der Waals surface area contributed by atoms with E-state index in [4.69, 9.17) is 0 Å². The minimum absolute atomic E-state index is 0.00364. The Morgan fingerprint density at radius 2 is 2.11 bits per heavy atom. The van der Waals surface area contributed by atoms with Gasteiger partial charge in [-0.25, -0.2) is 4.98 Å². The van der Waals surface area contributed by atoms with E-state index < -0.39 is 5.60 Å². The van der Waals surface area contributed by atoms with E-state index in [0.29, 0.717) is 37.3 Å². The van der Waals surface area contributed by atoms with Crippen molar-refractivity contribution in [2.24, 2.45) is 13.0 Å². The van der Waals surface area contributed by atoms with Crippen molar-refractivity contribution in [3.05, 3.63) is 53.6 Å². The number of likely N-dealkylation sites (tertiary alicyclic amines) is 1. The summed E-state index contributed by atoms with van der Waals surface area (Å²) in [6, 6.07) is 7.58. The average molecular weight is 383 g/mol. The van der Waals surface area contributed by atoms with Crippen molar-refractivity contribution < 1.29 is 14.7 Å². The van der Waals surface area contributed by atoms with Crippen molar-refractivity contribution in [3.63, 3.8) is 0 Å². The third kappa shape index (κ3) is 4.87. The van der Waals surface area contributed by atoms with Gasteiger partial charge in [0.15, 0.2) is 5.82 Å². The number of piperidine rings is 1. The fourth-order valence-corrected chi connectivity index (χ4v) is 3.65. The zero-order valence-corrected chi connectivity index (χ0v) is 16.9. The van der Waals surface area contributed by atoms with Gasteiger partial charge in [0.2, 0.25) is 5.78 Å². The normalized spacial score (nSPS) is 17.6. The number of aryl methyl sites for hydroxylation is 2. The maximum atomic E-state index is 13.0. The number of amides is 1. The zero-order valence-electron chi connectivity index (χ0n) is 16.9. The SMILES string of the molecule is Cn1ccnc1C(=O)[C@@H]1CCCN(C(=O)c2cccc(CCC(C)(C)O)c2)C1. The van der Waals surface area contributed by atoms with Crippen LogP contribution in [0, 0.1) is 5.92 Å². The van der Waals surface area contributed by atoms with Crippen molar-refractivity contribution in [2.45, 2.75) is 45.1 Å². The molecule has 6 nitrogen and oxygen atoms in total. The molecule has 1 aliphatic heterocycles.